The summed E-state index contributed by atoms with van der Waals surface area (Å²) in [6.07, 6.45) is -0.0694. The van der Waals surface area contributed by atoms with E-state index in [1.54, 1.807) is 25.1 Å². The smallest absolute Gasteiger partial charge is 0.265 e. The average Bonchev–Trinajstić information content (AvgIpc) is 2.85. The normalized spacial score (nSPS) is 11.9. The van der Waals surface area contributed by atoms with E-state index in [1.807, 2.05) is 20.8 Å². The number of hydrogen-bond acceptors (Lipinski definition) is 4. The lowest BCUT2D eigenvalue weighted by atomic mass is 10.1. The number of carbonyl (C=O) groups excluding carboxylic acids is 2. The Labute approximate surface area is 156 Å². The molecule has 0 fully saturated rings. The zero-order valence-electron chi connectivity index (χ0n) is 14.6. The van der Waals surface area contributed by atoms with Crippen molar-refractivity contribution in [3.63, 3.8) is 0 Å². The van der Waals surface area contributed by atoms with Crippen LogP contribution in [0.25, 0.3) is 0 Å². The van der Waals surface area contributed by atoms with E-state index in [4.69, 9.17) is 22.1 Å². The summed E-state index contributed by atoms with van der Waals surface area (Å²) < 4.78 is 5.72. The Bertz CT molecular complexity index is 817. The number of carbonyl (C=O) groups is 2. The van der Waals surface area contributed by atoms with E-state index in [0.717, 1.165) is 16.0 Å². The van der Waals surface area contributed by atoms with Crippen LogP contribution in [-0.4, -0.2) is 17.9 Å². The zero-order valence-corrected chi connectivity index (χ0v) is 16.2. The first-order valence-corrected chi connectivity index (χ1v) is 9.09. The number of halogens is 1. The number of hydrogen-bond donors (Lipinski definition) is 2. The van der Waals surface area contributed by atoms with Crippen LogP contribution in [0.1, 0.15) is 40.2 Å². The minimum atomic E-state index is -0.743. The maximum absolute atomic E-state index is 12.5. The van der Waals surface area contributed by atoms with E-state index in [0.29, 0.717) is 27.8 Å². The molecule has 2 amide bonds. The van der Waals surface area contributed by atoms with Crippen LogP contribution in [-0.2, 0) is 11.2 Å². The topological polar surface area (TPSA) is 81.4 Å². The lowest BCUT2D eigenvalue weighted by Gasteiger charge is -2.16. The predicted octanol–water partition coefficient (Wildman–Crippen LogP) is 4.09. The molecule has 0 radical (unpaired) electrons. The van der Waals surface area contributed by atoms with Crippen LogP contribution in [0, 0.1) is 13.8 Å². The molecule has 1 aromatic carbocycles. The van der Waals surface area contributed by atoms with Gasteiger partial charge in [-0.05, 0) is 56.5 Å². The molecule has 25 heavy (non-hydrogen) atoms. The molecule has 7 heteroatoms. The van der Waals surface area contributed by atoms with Gasteiger partial charge >= 0.3 is 0 Å². The van der Waals surface area contributed by atoms with Gasteiger partial charge in [0.2, 0.25) is 0 Å². The standard InChI is InChI=1S/C18H21ClN2O3S/c1-5-13-11(4)25-18(15(13)16(20)22)21-17(23)10(3)24-14-7-6-12(19)8-9(14)2/h6-8,10H,5H2,1-4H3,(H2,20,22)(H,21,23)/t10-/m0/s1. The fourth-order valence-corrected chi connectivity index (χ4v) is 3.94. The molecule has 0 aliphatic carbocycles. The summed E-state index contributed by atoms with van der Waals surface area (Å²) in [5.41, 5.74) is 7.58. The summed E-state index contributed by atoms with van der Waals surface area (Å²) in [6, 6.07) is 5.19. The number of amides is 2. The fraction of sp³-hybridized carbons (Fsp3) is 0.333. The molecule has 1 heterocycles. The average molecular weight is 381 g/mol. The molecule has 0 spiro atoms. The van der Waals surface area contributed by atoms with Gasteiger partial charge in [0.15, 0.2) is 6.10 Å². The van der Waals surface area contributed by atoms with Gasteiger partial charge in [-0.3, -0.25) is 9.59 Å². The zero-order chi connectivity index (χ0) is 18.7. The summed E-state index contributed by atoms with van der Waals surface area (Å²) >= 11 is 7.27. The summed E-state index contributed by atoms with van der Waals surface area (Å²) in [4.78, 5) is 25.2. The van der Waals surface area contributed by atoms with Crippen molar-refractivity contribution in [3.8, 4) is 5.75 Å². The van der Waals surface area contributed by atoms with Crippen molar-refractivity contribution in [1.29, 1.82) is 0 Å². The van der Waals surface area contributed by atoms with E-state index in [2.05, 4.69) is 5.32 Å². The SMILES string of the molecule is CCc1c(C)sc(NC(=O)[C@H](C)Oc2ccc(Cl)cc2C)c1C(N)=O. The third-order valence-electron chi connectivity index (χ3n) is 3.86. The van der Waals surface area contributed by atoms with Gasteiger partial charge in [-0.1, -0.05) is 18.5 Å². The second-order valence-electron chi connectivity index (χ2n) is 5.72. The third-order valence-corrected chi connectivity index (χ3v) is 5.15. The van der Waals surface area contributed by atoms with Crippen molar-refractivity contribution in [3.05, 3.63) is 44.8 Å². The molecule has 0 aliphatic rings. The van der Waals surface area contributed by atoms with Gasteiger partial charge in [0.05, 0.1) is 5.56 Å². The second kappa shape index (κ2) is 7.89. The number of ether oxygens (including phenoxy) is 1. The highest BCUT2D eigenvalue weighted by Gasteiger charge is 2.23. The Morgan fingerprint density at radius 2 is 2.04 bits per heavy atom. The maximum Gasteiger partial charge on any atom is 0.265 e. The van der Waals surface area contributed by atoms with Crippen molar-refractivity contribution in [2.45, 2.75) is 40.2 Å². The molecule has 0 saturated heterocycles. The summed E-state index contributed by atoms with van der Waals surface area (Å²) in [6.45, 7) is 7.35. The number of nitrogens with one attached hydrogen (secondary N) is 1. The Hall–Kier alpha value is -2.05. The highest BCUT2D eigenvalue weighted by atomic mass is 35.5. The van der Waals surface area contributed by atoms with Gasteiger partial charge in [0.1, 0.15) is 10.8 Å². The van der Waals surface area contributed by atoms with Gasteiger partial charge in [0, 0.05) is 9.90 Å². The second-order valence-corrected chi connectivity index (χ2v) is 7.38. The van der Waals surface area contributed by atoms with Crippen molar-refractivity contribution < 1.29 is 14.3 Å². The Morgan fingerprint density at radius 1 is 1.36 bits per heavy atom. The van der Waals surface area contributed by atoms with Crippen LogP contribution in [0.2, 0.25) is 5.02 Å². The molecular weight excluding hydrogens is 360 g/mol. The lowest BCUT2D eigenvalue weighted by molar-refractivity contribution is -0.122. The first-order valence-electron chi connectivity index (χ1n) is 7.90. The number of rotatable bonds is 6. The molecule has 0 aliphatic heterocycles. The van der Waals surface area contributed by atoms with Crippen LogP contribution < -0.4 is 15.8 Å². The number of aryl methyl sites for hydroxylation is 2. The number of anilines is 1. The van der Waals surface area contributed by atoms with E-state index in [1.165, 1.54) is 11.3 Å². The summed E-state index contributed by atoms with van der Waals surface area (Å²) in [7, 11) is 0. The number of primary amides is 1. The van der Waals surface area contributed by atoms with Crippen LogP contribution in [0.15, 0.2) is 18.2 Å². The molecular formula is C18H21ClN2O3S. The highest BCUT2D eigenvalue weighted by molar-refractivity contribution is 7.16. The number of thiophene rings is 1. The van der Waals surface area contributed by atoms with E-state index in [-0.39, 0.29) is 5.91 Å². The molecule has 2 rings (SSSR count). The summed E-state index contributed by atoms with van der Waals surface area (Å²) in [5.74, 6) is -0.307. The molecule has 1 aromatic heterocycles. The van der Waals surface area contributed by atoms with E-state index < -0.39 is 12.0 Å². The van der Waals surface area contributed by atoms with Gasteiger partial charge in [-0.25, -0.2) is 0 Å². The molecule has 2 aromatic rings. The van der Waals surface area contributed by atoms with Crippen LogP contribution in [0.4, 0.5) is 5.00 Å². The van der Waals surface area contributed by atoms with Crippen molar-refractivity contribution in [2.75, 3.05) is 5.32 Å². The molecule has 0 saturated carbocycles. The Balaban J connectivity index is 2.18. The largest absolute Gasteiger partial charge is 0.481 e. The molecule has 1 atom stereocenters. The molecule has 0 bridgehead atoms. The quantitative estimate of drug-likeness (QED) is 0.791. The number of benzene rings is 1. The molecule has 0 unspecified atom stereocenters. The van der Waals surface area contributed by atoms with E-state index >= 15 is 0 Å². The molecule has 5 nitrogen and oxygen atoms in total. The monoisotopic (exact) mass is 380 g/mol. The van der Waals surface area contributed by atoms with Gasteiger partial charge in [-0.2, -0.15) is 0 Å². The van der Waals surface area contributed by atoms with Crippen LogP contribution >= 0.6 is 22.9 Å². The first kappa shape index (κ1) is 19.3. The highest BCUT2D eigenvalue weighted by Crippen LogP contribution is 2.33. The minimum Gasteiger partial charge on any atom is -0.481 e. The van der Waals surface area contributed by atoms with Gasteiger partial charge in [0.25, 0.3) is 11.8 Å². The molecule has 134 valence electrons. The minimum absolute atomic E-state index is 0.347. The van der Waals surface area contributed by atoms with Crippen molar-refractivity contribution in [1.82, 2.24) is 0 Å². The lowest BCUT2D eigenvalue weighted by Crippen LogP contribution is -2.31. The van der Waals surface area contributed by atoms with Gasteiger partial charge in [-0.15, -0.1) is 11.3 Å². The van der Waals surface area contributed by atoms with Crippen LogP contribution in [0.5, 0.6) is 5.75 Å². The third kappa shape index (κ3) is 4.32. The van der Waals surface area contributed by atoms with Crippen molar-refractivity contribution in [2.24, 2.45) is 5.73 Å². The van der Waals surface area contributed by atoms with E-state index in [9.17, 15) is 9.59 Å². The van der Waals surface area contributed by atoms with Crippen LogP contribution in [0.3, 0.4) is 0 Å². The number of nitrogens with two attached hydrogens (primary N) is 1. The fourth-order valence-electron chi connectivity index (χ4n) is 2.56. The maximum atomic E-state index is 12.5. The predicted molar refractivity (Wildman–Crippen MR) is 102 cm³/mol. The van der Waals surface area contributed by atoms with Crippen molar-refractivity contribution >= 4 is 39.8 Å². The summed E-state index contributed by atoms with van der Waals surface area (Å²) in [5, 5.41) is 3.84. The Kier molecular flexibility index (Phi) is 6.08. The Morgan fingerprint density at radius 3 is 2.60 bits per heavy atom. The first-order chi connectivity index (χ1) is 11.7. The van der Waals surface area contributed by atoms with Gasteiger partial charge < -0.3 is 15.8 Å². The molecule has 3 N–H and O–H groups in total.